The average molecular weight is 349 g/mol. The molecule has 0 spiro atoms. The van der Waals surface area contributed by atoms with Gasteiger partial charge in [-0.15, -0.1) is 0 Å². The van der Waals surface area contributed by atoms with Gasteiger partial charge in [0.2, 0.25) is 11.8 Å². The smallest absolute Gasteiger partial charge is 0.238 e. The lowest BCUT2D eigenvalue weighted by molar-refractivity contribution is -0.123. The topological polar surface area (TPSA) is 70.7 Å². The lowest BCUT2D eigenvalue weighted by Crippen LogP contribution is -2.42. The van der Waals surface area contributed by atoms with Gasteiger partial charge in [-0.3, -0.25) is 14.5 Å². The summed E-state index contributed by atoms with van der Waals surface area (Å²) in [7, 11) is 3.35. The van der Waals surface area contributed by atoms with Crippen LogP contribution in [0.2, 0.25) is 0 Å². The first kappa shape index (κ1) is 21.0. The summed E-state index contributed by atoms with van der Waals surface area (Å²) in [6, 6.07) is 7.27. The molecule has 6 nitrogen and oxygen atoms in total. The molecule has 0 aromatic heterocycles. The summed E-state index contributed by atoms with van der Waals surface area (Å²) >= 11 is 0. The van der Waals surface area contributed by atoms with Crippen LogP contribution in [-0.2, 0) is 9.59 Å². The maximum atomic E-state index is 12.0. The van der Waals surface area contributed by atoms with Crippen molar-refractivity contribution in [1.82, 2.24) is 10.2 Å². The van der Waals surface area contributed by atoms with Crippen LogP contribution >= 0.6 is 0 Å². The molecule has 0 saturated carbocycles. The molecular weight excluding hydrogens is 318 g/mol. The van der Waals surface area contributed by atoms with E-state index in [4.69, 9.17) is 4.74 Å². The number of nitrogens with one attached hydrogen (secondary N) is 2. The Morgan fingerprint density at radius 1 is 1.04 bits per heavy atom. The Morgan fingerprint density at radius 3 is 2.20 bits per heavy atom. The Balaban J connectivity index is 2.33. The Bertz CT molecular complexity index is 543. The maximum absolute atomic E-state index is 12.0. The molecule has 0 aliphatic heterocycles. The van der Waals surface area contributed by atoms with Gasteiger partial charge in [0.1, 0.15) is 5.75 Å². The van der Waals surface area contributed by atoms with Crippen LogP contribution in [0, 0.1) is 5.92 Å². The van der Waals surface area contributed by atoms with E-state index in [1.54, 1.807) is 43.3 Å². The van der Waals surface area contributed by atoms with Crippen LogP contribution in [0.3, 0.4) is 0 Å². The summed E-state index contributed by atoms with van der Waals surface area (Å²) in [5.41, 5.74) is 0.700. The summed E-state index contributed by atoms with van der Waals surface area (Å²) in [5, 5.41) is 5.78. The van der Waals surface area contributed by atoms with E-state index >= 15 is 0 Å². The maximum Gasteiger partial charge on any atom is 0.238 e. The van der Waals surface area contributed by atoms with Gasteiger partial charge in [-0.1, -0.05) is 13.8 Å². The molecule has 0 unspecified atom stereocenters. The summed E-state index contributed by atoms with van der Waals surface area (Å²) in [6.07, 6.45) is 2.05. The summed E-state index contributed by atoms with van der Waals surface area (Å²) < 4.78 is 5.08. The van der Waals surface area contributed by atoms with E-state index in [0.29, 0.717) is 11.6 Å². The van der Waals surface area contributed by atoms with Gasteiger partial charge in [0.15, 0.2) is 0 Å². The third-order valence-electron chi connectivity index (χ3n) is 3.79. The Kier molecular flexibility index (Phi) is 8.99. The molecular formula is C19H31N3O3. The first-order valence-corrected chi connectivity index (χ1v) is 8.72. The second-order valence-corrected chi connectivity index (χ2v) is 6.89. The van der Waals surface area contributed by atoms with Gasteiger partial charge in [0, 0.05) is 11.7 Å². The van der Waals surface area contributed by atoms with Crippen molar-refractivity contribution in [1.29, 1.82) is 0 Å². The highest BCUT2D eigenvalue weighted by molar-refractivity contribution is 5.92. The van der Waals surface area contributed by atoms with Crippen LogP contribution in [0.25, 0.3) is 0 Å². The molecule has 1 rings (SSSR count). The summed E-state index contributed by atoms with van der Waals surface area (Å²) in [4.78, 5) is 25.8. The molecule has 0 heterocycles. The van der Waals surface area contributed by atoms with Crippen LogP contribution in [0.15, 0.2) is 24.3 Å². The molecule has 25 heavy (non-hydrogen) atoms. The first-order valence-electron chi connectivity index (χ1n) is 8.72. The zero-order chi connectivity index (χ0) is 18.8. The Hall–Kier alpha value is -2.08. The fourth-order valence-corrected chi connectivity index (χ4v) is 2.40. The minimum Gasteiger partial charge on any atom is -0.497 e. The predicted octanol–water partition coefficient (Wildman–Crippen LogP) is 2.51. The molecule has 2 amide bonds. The van der Waals surface area contributed by atoms with Gasteiger partial charge >= 0.3 is 0 Å². The second-order valence-electron chi connectivity index (χ2n) is 6.89. The summed E-state index contributed by atoms with van der Waals surface area (Å²) in [5.74, 6) is 1.14. The second kappa shape index (κ2) is 10.7. The van der Waals surface area contributed by atoms with Gasteiger partial charge in [-0.05, 0) is 57.0 Å². The van der Waals surface area contributed by atoms with Crippen LogP contribution in [0.5, 0.6) is 5.75 Å². The number of hydrogen-bond donors (Lipinski definition) is 2. The molecule has 0 bridgehead atoms. The van der Waals surface area contributed by atoms with Gasteiger partial charge in [0.05, 0.1) is 20.2 Å². The highest BCUT2D eigenvalue weighted by Crippen LogP contribution is 2.14. The monoisotopic (exact) mass is 349 g/mol. The van der Waals surface area contributed by atoms with E-state index in [9.17, 15) is 9.59 Å². The third kappa shape index (κ3) is 9.10. The molecule has 0 saturated heterocycles. The highest BCUT2D eigenvalue weighted by Gasteiger charge is 2.13. The molecule has 1 atom stereocenters. The number of carbonyl (C=O) groups excluding carboxylic acids is 2. The van der Waals surface area contributed by atoms with E-state index < -0.39 is 0 Å². The quantitative estimate of drug-likeness (QED) is 0.681. The number of nitrogens with zero attached hydrogens (tertiary/aromatic N) is 1. The van der Waals surface area contributed by atoms with E-state index in [1.807, 2.05) is 6.92 Å². The van der Waals surface area contributed by atoms with E-state index in [-0.39, 0.29) is 30.9 Å². The Labute approximate surface area is 150 Å². The Morgan fingerprint density at radius 2 is 1.64 bits per heavy atom. The van der Waals surface area contributed by atoms with Gasteiger partial charge < -0.3 is 15.4 Å². The minimum atomic E-state index is -0.159. The highest BCUT2D eigenvalue weighted by atomic mass is 16.5. The third-order valence-corrected chi connectivity index (χ3v) is 3.79. The van der Waals surface area contributed by atoms with Crippen LogP contribution in [-0.4, -0.2) is 50.0 Å². The average Bonchev–Trinajstić information content (AvgIpc) is 2.53. The number of hydrogen-bond acceptors (Lipinski definition) is 4. The lowest BCUT2D eigenvalue weighted by Gasteiger charge is -2.19. The fraction of sp³-hybridized carbons (Fsp3) is 0.579. The standard InChI is InChI=1S/C19H31N3O3/c1-14(2)6-7-15(3)20-18(23)12-22(4)13-19(24)21-16-8-10-17(25-5)11-9-16/h8-11,14-15H,6-7,12-13H2,1-5H3,(H,20,23)(H,21,24)/t15-/m1/s1. The van der Waals surface area contributed by atoms with Crippen LogP contribution in [0.4, 0.5) is 5.69 Å². The SMILES string of the molecule is COc1ccc(NC(=O)CN(C)CC(=O)N[C@H](C)CCC(C)C)cc1. The number of ether oxygens (including phenoxy) is 1. The fourth-order valence-electron chi connectivity index (χ4n) is 2.40. The molecule has 140 valence electrons. The van der Waals surface area contributed by atoms with Gasteiger partial charge in [-0.2, -0.15) is 0 Å². The van der Waals surface area contributed by atoms with Crippen molar-refractivity contribution < 1.29 is 14.3 Å². The zero-order valence-electron chi connectivity index (χ0n) is 16.0. The first-order chi connectivity index (χ1) is 11.8. The predicted molar refractivity (Wildman–Crippen MR) is 101 cm³/mol. The number of carbonyl (C=O) groups is 2. The van der Waals surface area contributed by atoms with Gasteiger partial charge in [0.25, 0.3) is 0 Å². The van der Waals surface area contributed by atoms with Crippen molar-refractivity contribution >= 4 is 17.5 Å². The summed E-state index contributed by atoms with van der Waals surface area (Å²) in [6.45, 7) is 6.70. The van der Waals surface area contributed by atoms with E-state index in [1.165, 1.54) is 0 Å². The normalized spacial score (nSPS) is 12.1. The number of benzene rings is 1. The number of likely N-dealkylation sites (N-methyl/N-ethyl adjacent to an activating group) is 1. The number of anilines is 1. The van der Waals surface area contributed by atoms with Gasteiger partial charge in [-0.25, -0.2) is 0 Å². The largest absolute Gasteiger partial charge is 0.497 e. The van der Waals surface area contributed by atoms with E-state index in [0.717, 1.165) is 18.6 Å². The van der Waals surface area contributed by atoms with Crippen molar-refractivity contribution in [3.8, 4) is 5.75 Å². The molecule has 1 aromatic rings. The lowest BCUT2D eigenvalue weighted by atomic mass is 10.0. The molecule has 0 radical (unpaired) electrons. The van der Waals surface area contributed by atoms with Crippen LogP contribution in [0.1, 0.15) is 33.6 Å². The molecule has 0 aliphatic carbocycles. The molecule has 6 heteroatoms. The van der Waals surface area contributed by atoms with Crippen LogP contribution < -0.4 is 15.4 Å². The van der Waals surface area contributed by atoms with Crippen molar-refractivity contribution in [3.05, 3.63) is 24.3 Å². The zero-order valence-corrected chi connectivity index (χ0v) is 16.0. The van der Waals surface area contributed by atoms with Crippen molar-refractivity contribution in [2.45, 2.75) is 39.7 Å². The minimum absolute atomic E-state index is 0.0593. The molecule has 0 fully saturated rings. The molecule has 0 aliphatic rings. The molecule has 1 aromatic carbocycles. The van der Waals surface area contributed by atoms with Crippen molar-refractivity contribution in [2.24, 2.45) is 5.92 Å². The number of methoxy groups -OCH3 is 1. The number of amides is 2. The number of rotatable bonds is 10. The van der Waals surface area contributed by atoms with E-state index in [2.05, 4.69) is 24.5 Å². The van der Waals surface area contributed by atoms with Crippen molar-refractivity contribution in [2.75, 3.05) is 32.6 Å². The molecule has 2 N–H and O–H groups in total. The van der Waals surface area contributed by atoms with Crippen molar-refractivity contribution in [3.63, 3.8) is 0 Å².